The number of amides is 1. The molecule has 0 spiro atoms. The van der Waals surface area contributed by atoms with Gasteiger partial charge in [-0.3, -0.25) is 4.79 Å². The van der Waals surface area contributed by atoms with Crippen LogP contribution in [0.4, 0.5) is 4.39 Å². The van der Waals surface area contributed by atoms with Crippen LogP contribution < -0.4 is 0 Å². The number of carbonyl (C=O) groups is 1. The highest BCUT2D eigenvalue weighted by molar-refractivity contribution is 5.94. The van der Waals surface area contributed by atoms with Crippen molar-refractivity contribution in [1.82, 2.24) is 4.90 Å². The van der Waals surface area contributed by atoms with Gasteiger partial charge in [0.05, 0.1) is 0 Å². The van der Waals surface area contributed by atoms with Crippen LogP contribution in [0.25, 0.3) is 6.08 Å². The quantitative estimate of drug-likeness (QED) is 0.729. The molecule has 24 heavy (non-hydrogen) atoms. The number of hydrogen-bond donors (Lipinski definition) is 0. The van der Waals surface area contributed by atoms with Crippen LogP contribution in [-0.4, -0.2) is 23.9 Å². The molecule has 0 saturated heterocycles. The molecule has 2 nitrogen and oxygen atoms in total. The number of carbonyl (C=O) groups excluding carboxylic acids is 1. The van der Waals surface area contributed by atoms with Crippen molar-refractivity contribution in [2.75, 3.05) is 13.1 Å². The van der Waals surface area contributed by atoms with Crippen LogP contribution in [0.15, 0.2) is 60.2 Å². The Kier molecular flexibility index (Phi) is 6.30. The summed E-state index contributed by atoms with van der Waals surface area (Å²) in [7, 11) is 0. The largest absolute Gasteiger partial charge is 0.334 e. The summed E-state index contributed by atoms with van der Waals surface area (Å²) in [4.78, 5) is 14.5. The molecule has 0 heterocycles. The second kappa shape index (κ2) is 8.44. The van der Waals surface area contributed by atoms with Gasteiger partial charge >= 0.3 is 0 Å². The predicted octanol–water partition coefficient (Wildman–Crippen LogP) is 5.03. The molecule has 2 aromatic carbocycles. The minimum absolute atomic E-state index is 0.135. The first-order chi connectivity index (χ1) is 11.5. The smallest absolute Gasteiger partial charge is 0.254 e. The van der Waals surface area contributed by atoms with E-state index < -0.39 is 0 Å². The lowest BCUT2D eigenvalue weighted by atomic mass is 10.1. The number of hydrogen-bond acceptors (Lipinski definition) is 1. The van der Waals surface area contributed by atoms with Crippen molar-refractivity contribution < 1.29 is 9.18 Å². The van der Waals surface area contributed by atoms with Gasteiger partial charge in [0.1, 0.15) is 5.82 Å². The number of benzene rings is 2. The van der Waals surface area contributed by atoms with Crippen molar-refractivity contribution in [2.24, 2.45) is 5.92 Å². The third kappa shape index (κ3) is 5.34. The summed E-state index contributed by atoms with van der Waals surface area (Å²) in [5.41, 5.74) is 2.59. The lowest BCUT2D eigenvalue weighted by molar-refractivity contribution is 0.0751. The first-order valence-electron chi connectivity index (χ1n) is 8.23. The van der Waals surface area contributed by atoms with Gasteiger partial charge in [0.15, 0.2) is 0 Å². The summed E-state index contributed by atoms with van der Waals surface area (Å²) in [5, 5.41) is 0. The van der Waals surface area contributed by atoms with Crippen molar-refractivity contribution in [1.29, 1.82) is 0 Å². The summed E-state index contributed by atoms with van der Waals surface area (Å²) in [6, 6.07) is 15.9. The Labute approximate surface area is 143 Å². The average Bonchev–Trinajstić information content (AvgIpc) is 2.54. The maximum atomic E-state index is 13.4. The highest BCUT2D eigenvalue weighted by atomic mass is 19.1. The molecule has 0 unspecified atom stereocenters. The van der Waals surface area contributed by atoms with Crippen LogP contribution in [0.2, 0.25) is 0 Å². The van der Waals surface area contributed by atoms with E-state index in [1.807, 2.05) is 37.3 Å². The first-order valence-corrected chi connectivity index (χ1v) is 8.23. The second-order valence-corrected chi connectivity index (χ2v) is 6.49. The normalized spacial score (nSPS) is 11.6. The van der Waals surface area contributed by atoms with Crippen molar-refractivity contribution in [3.63, 3.8) is 0 Å². The Bertz CT molecular complexity index is 707. The summed E-state index contributed by atoms with van der Waals surface area (Å²) in [5.74, 6) is -0.182. The van der Waals surface area contributed by atoms with Gasteiger partial charge in [-0.25, -0.2) is 4.39 Å². The van der Waals surface area contributed by atoms with Crippen LogP contribution in [0.3, 0.4) is 0 Å². The molecule has 0 aliphatic carbocycles. The highest BCUT2D eigenvalue weighted by Gasteiger charge is 2.17. The molecule has 0 aliphatic rings. The molecular weight excluding hydrogens is 301 g/mol. The van der Waals surface area contributed by atoms with Crippen molar-refractivity contribution in [3.05, 3.63) is 77.1 Å². The zero-order valence-electron chi connectivity index (χ0n) is 14.5. The Morgan fingerprint density at radius 2 is 1.83 bits per heavy atom. The summed E-state index contributed by atoms with van der Waals surface area (Å²) in [6.45, 7) is 7.32. The zero-order valence-corrected chi connectivity index (χ0v) is 14.5. The molecule has 2 aromatic rings. The minimum atomic E-state index is -0.387. The van der Waals surface area contributed by atoms with Crippen molar-refractivity contribution in [3.8, 4) is 0 Å². The van der Waals surface area contributed by atoms with E-state index >= 15 is 0 Å². The molecular formula is C21H24FNO. The molecule has 0 aliphatic heterocycles. The molecule has 0 atom stereocenters. The zero-order chi connectivity index (χ0) is 17.5. The van der Waals surface area contributed by atoms with Gasteiger partial charge in [-0.2, -0.15) is 0 Å². The second-order valence-electron chi connectivity index (χ2n) is 6.49. The summed E-state index contributed by atoms with van der Waals surface area (Å²) < 4.78 is 13.4. The van der Waals surface area contributed by atoms with Gasteiger partial charge in [0.25, 0.3) is 5.91 Å². The molecule has 0 radical (unpaired) electrons. The summed E-state index contributed by atoms with van der Waals surface area (Å²) in [6.07, 6.45) is 2.08. The van der Waals surface area contributed by atoms with Gasteiger partial charge in [-0.05, 0) is 36.6 Å². The molecule has 0 aromatic heterocycles. The fourth-order valence-electron chi connectivity index (χ4n) is 2.64. The van der Waals surface area contributed by atoms with E-state index in [-0.39, 0.29) is 11.7 Å². The molecule has 3 heteroatoms. The standard InChI is InChI=1S/C21H24FNO/c1-16(2)14-23(21(24)19-10-7-11-20(22)13-19)15-17(3)12-18-8-5-4-6-9-18/h4-13,16H,14-15H2,1-3H3/b17-12+. The highest BCUT2D eigenvalue weighted by Crippen LogP contribution is 2.13. The third-order valence-electron chi connectivity index (χ3n) is 3.60. The maximum absolute atomic E-state index is 13.4. The van der Waals surface area contributed by atoms with E-state index in [9.17, 15) is 9.18 Å². The van der Waals surface area contributed by atoms with Gasteiger partial charge in [-0.15, -0.1) is 0 Å². The van der Waals surface area contributed by atoms with Crippen LogP contribution in [0, 0.1) is 11.7 Å². The Hall–Kier alpha value is -2.42. The monoisotopic (exact) mass is 325 g/mol. The van der Waals surface area contributed by atoms with E-state index in [1.54, 1.807) is 17.0 Å². The first kappa shape index (κ1) is 17.9. The molecule has 0 saturated carbocycles. The van der Waals surface area contributed by atoms with Crippen LogP contribution in [0.5, 0.6) is 0 Å². The summed E-state index contributed by atoms with van der Waals surface area (Å²) >= 11 is 0. The van der Waals surface area contributed by atoms with Crippen LogP contribution in [0.1, 0.15) is 36.7 Å². The third-order valence-corrected chi connectivity index (χ3v) is 3.60. The predicted molar refractivity (Wildman–Crippen MR) is 97.2 cm³/mol. The fraction of sp³-hybridized carbons (Fsp3) is 0.286. The molecule has 0 N–H and O–H groups in total. The van der Waals surface area contributed by atoms with Crippen molar-refractivity contribution >= 4 is 12.0 Å². The molecule has 126 valence electrons. The van der Waals surface area contributed by atoms with E-state index in [0.717, 1.165) is 11.1 Å². The number of nitrogens with zero attached hydrogens (tertiary/aromatic N) is 1. The Morgan fingerprint density at radius 1 is 1.12 bits per heavy atom. The van der Waals surface area contributed by atoms with E-state index in [0.29, 0.717) is 24.6 Å². The Morgan fingerprint density at radius 3 is 2.46 bits per heavy atom. The van der Waals surface area contributed by atoms with Crippen molar-refractivity contribution in [2.45, 2.75) is 20.8 Å². The average molecular weight is 325 g/mol. The number of rotatable bonds is 6. The molecule has 2 rings (SSSR count). The van der Waals surface area contributed by atoms with E-state index in [1.165, 1.54) is 12.1 Å². The van der Waals surface area contributed by atoms with Gasteiger partial charge in [-0.1, -0.05) is 61.9 Å². The number of halogens is 1. The molecule has 0 fully saturated rings. The van der Waals surface area contributed by atoms with E-state index in [2.05, 4.69) is 19.9 Å². The fourth-order valence-corrected chi connectivity index (χ4v) is 2.64. The lowest BCUT2D eigenvalue weighted by Crippen LogP contribution is -2.35. The topological polar surface area (TPSA) is 20.3 Å². The lowest BCUT2D eigenvalue weighted by Gasteiger charge is -2.25. The molecule has 1 amide bonds. The van der Waals surface area contributed by atoms with E-state index in [4.69, 9.17) is 0 Å². The SMILES string of the molecule is C/C(=C\c1ccccc1)CN(CC(C)C)C(=O)c1cccc(F)c1. The maximum Gasteiger partial charge on any atom is 0.254 e. The van der Waals surface area contributed by atoms with Crippen LogP contribution in [-0.2, 0) is 0 Å². The van der Waals surface area contributed by atoms with Gasteiger partial charge in [0, 0.05) is 18.7 Å². The van der Waals surface area contributed by atoms with Gasteiger partial charge in [0.2, 0.25) is 0 Å². The minimum Gasteiger partial charge on any atom is -0.334 e. The molecule has 0 bridgehead atoms. The Balaban J connectivity index is 2.19. The van der Waals surface area contributed by atoms with Gasteiger partial charge < -0.3 is 4.90 Å². The van der Waals surface area contributed by atoms with Crippen LogP contribution >= 0.6 is 0 Å².